The van der Waals surface area contributed by atoms with Crippen molar-refractivity contribution < 1.29 is 14.3 Å². The highest BCUT2D eigenvalue weighted by Gasteiger charge is 2.03. The molecule has 0 radical (unpaired) electrons. The largest absolute Gasteiger partial charge is 0.465 e. The smallest absolute Gasteiger partial charge is 0.310 e. The van der Waals surface area contributed by atoms with E-state index in [-0.39, 0.29) is 5.97 Å². The van der Waals surface area contributed by atoms with Gasteiger partial charge in [-0.25, -0.2) is 0 Å². The lowest BCUT2D eigenvalue weighted by Gasteiger charge is -2.06. The molecular weight excluding hydrogens is 300 g/mol. The van der Waals surface area contributed by atoms with Gasteiger partial charge in [-0.1, -0.05) is 67.3 Å². The lowest BCUT2D eigenvalue weighted by atomic mass is 10.1. The maximum absolute atomic E-state index is 11.7. The van der Waals surface area contributed by atoms with Crippen molar-refractivity contribution in [2.24, 2.45) is 0 Å². The minimum atomic E-state index is -0.176. The SMILES string of the molecule is C=Cc1ccc(COCCCCOC(=O)Cc2ccccc2)cc1. The quantitative estimate of drug-likeness (QED) is 0.479. The van der Waals surface area contributed by atoms with Crippen molar-refractivity contribution in [3.63, 3.8) is 0 Å². The Morgan fingerprint density at radius 1 is 0.917 bits per heavy atom. The fourth-order valence-corrected chi connectivity index (χ4v) is 2.25. The number of carbonyl (C=O) groups excluding carboxylic acids is 1. The van der Waals surface area contributed by atoms with Crippen LogP contribution >= 0.6 is 0 Å². The summed E-state index contributed by atoms with van der Waals surface area (Å²) < 4.78 is 10.9. The maximum atomic E-state index is 11.7. The lowest BCUT2D eigenvalue weighted by Crippen LogP contribution is -2.09. The number of esters is 1. The first-order chi connectivity index (χ1) is 11.8. The van der Waals surface area contributed by atoms with E-state index in [1.165, 1.54) is 0 Å². The maximum Gasteiger partial charge on any atom is 0.310 e. The summed E-state index contributed by atoms with van der Waals surface area (Å²) in [4.78, 5) is 11.7. The molecule has 2 aromatic carbocycles. The minimum Gasteiger partial charge on any atom is -0.465 e. The van der Waals surface area contributed by atoms with E-state index >= 15 is 0 Å². The molecule has 0 atom stereocenters. The average molecular weight is 324 g/mol. The molecule has 0 heterocycles. The van der Waals surface area contributed by atoms with Crippen LogP contribution in [0.25, 0.3) is 6.08 Å². The van der Waals surface area contributed by atoms with Crippen LogP contribution < -0.4 is 0 Å². The van der Waals surface area contributed by atoms with Gasteiger partial charge in [-0.05, 0) is 29.5 Å². The van der Waals surface area contributed by atoms with E-state index in [2.05, 4.69) is 6.58 Å². The Bertz CT molecular complexity index is 617. The molecular formula is C21H24O3. The van der Waals surface area contributed by atoms with Crippen molar-refractivity contribution in [3.8, 4) is 0 Å². The molecule has 0 amide bonds. The predicted octanol–water partition coefficient (Wildman–Crippen LogP) is 4.41. The van der Waals surface area contributed by atoms with Crippen LogP contribution in [0.5, 0.6) is 0 Å². The van der Waals surface area contributed by atoms with Crippen LogP contribution in [0.4, 0.5) is 0 Å². The summed E-state index contributed by atoms with van der Waals surface area (Å²) in [6.07, 6.45) is 3.85. The second-order valence-corrected chi connectivity index (χ2v) is 5.59. The molecule has 0 aliphatic rings. The molecule has 0 aliphatic carbocycles. The Labute approximate surface area is 143 Å². The second-order valence-electron chi connectivity index (χ2n) is 5.59. The highest BCUT2D eigenvalue weighted by Crippen LogP contribution is 2.07. The molecule has 0 bridgehead atoms. The van der Waals surface area contributed by atoms with Crippen molar-refractivity contribution in [2.45, 2.75) is 25.9 Å². The van der Waals surface area contributed by atoms with E-state index in [0.717, 1.165) is 29.5 Å². The highest BCUT2D eigenvalue weighted by atomic mass is 16.5. The van der Waals surface area contributed by atoms with Crippen molar-refractivity contribution in [1.29, 1.82) is 0 Å². The number of unbranched alkanes of at least 4 members (excludes halogenated alkanes) is 1. The molecule has 0 N–H and O–H groups in total. The van der Waals surface area contributed by atoms with E-state index in [4.69, 9.17) is 9.47 Å². The van der Waals surface area contributed by atoms with Crippen LogP contribution in [0.3, 0.4) is 0 Å². The normalized spacial score (nSPS) is 10.3. The minimum absolute atomic E-state index is 0.176. The molecule has 24 heavy (non-hydrogen) atoms. The van der Waals surface area contributed by atoms with Gasteiger partial charge in [0.15, 0.2) is 0 Å². The van der Waals surface area contributed by atoms with Gasteiger partial charge in [0.2, 0.25) is 0 Å². The van der Waals surface area contributed by atoms with Crippen molar-refractivity contribution in [2.75, 3.05) is 13.2 Å². The molecule has 3 nitrogen and oxygen atoms in total. The fraction of sp³-hybridized carbons (Fsp3) is 0.286. The summed E-state index contributed by atoms with van der Waals surface area (Å²) in [6.45, 7) is 5.45. The zero-order valence-corrected chi connectivity index (χ0v) is 13.9. The molecule has 0 spiro atoms. The molecule has 0 unspecified atom stereocenters. The molecule has 0 fully saturated rings. The van der Waals surface area contributed by atoms with Gasteiger partial charge >= 0.3 is 5.97 Å². The fourth-order valence-electron chi connectivity index (χ4n) is 2.25. The van der Waals surface area contributed by atoms with Crippen LogP contribution in [0.1, 0.15) is 29.5 Å². The summed E-state index contributed by atoms with van der Waals surface area (Å²) in [5.74, 6) is -0.176. The van der Waals surface area contributed by atoms with Gasteiger partial charge in [0.25, 0.3) is 0 Å². The number of hydrogen-bond donors (Lipinski definition) is 0. The average Bonchev–Trinajstić information content (AvgIpc) is 2.62. The Balaban J connectivity index is 1.50. The van der Waals surface area contributed by atoms with Gasteiger partial charge in [0.05, 0.1) is 19.6 Å². The Kier molecular flexibility index (Phi) is 7.78. The highest BCUT2D eigenvalue weighted by molar-refractivity contribution is 5.72. The van der Waals surface area contributed by atoms with E-state index in [1.807, 2.05) is 60.7 Å². The number of hydrogen-bond acceptors (Lipinski definition) is 3. The third kappa shape index (κ3) is 6.80. The van der Waals surface area contributed by atoms with Gasteiger partial charge in [-0.3, -0.25) is 4.79 Å². The molecule has 0 saturated carbocycles. The monoisotopic (exact) mass is 324 g/mol. The summed E-state index contributed by atoms with van der Waals surface area (Å²) in [6, 6.07) is 17.8. The van der Waals surface area contributed by atoms with Crippen LogP contribution in [-0.2, 0) is 27.3 Å². The topological polar surface area (TPSA) is 35.5 Å². The first kappa shape index (κ1) is 18.0. The molecule has 3 heteroatoms. The van der Waals surface area contributed by atoms with Crippen molar-refractivity contribution in [3.05, 3.63) is 77.9 Å². The predicted molar refractivity (Wildman–Crippen MR) is 96.5 cm³/mol. The summed E-state index contributed by atoms with van der Waals surface area (Å²) in [5, 5.41) is 0. The van der Waals surface area contributed by atoms with E-state index in [9.17, 15) is 4.79 Å². The number of rotatable bonds is 10. The third-order valence-corrected chi connectivity index (χ3v) is 3.62. The van der Waals surface area contributed by atoms with E-state index in [1.54, 1.807) is 0 Å². The number of carbonyl (C=O) groups is 1. The Hall–Kier alpha value is -2.39. The lowest BCUT2D eigenvalue weighted by molar-refractivity contribution is -0.143. The first-order valence-corrected chi connectivity index (χ1v) is 8.26. The molecule has 2 aromatic rings. The molecule has 2 rings (SSSR count). The van der Waals surface area contributed by atoms with Gasteiger partial charge in [-0.2, -0.15) is 0 Å². The summed E-state index contributed by atoms with van der Waals surface area (Å²) in [5.41, 5.74) is 3.24. The number of ether oxygens (including phenoxy) is 2. The molecule has 0 aliphatic heterocycles. The third-order valence-electron chi connectivity index (χ3n) is 3.62. The van der Waals surface area contributed by atoms with Crippen molar-refractivity contribution >= 4 is 12.0 Å². The van der Waals surface area contributed by atoms with Gasteiger partial charge in [0, 0.05) is 6.61 Å². The van der Waals surface area contributed by atoms with Crippen LogP contribution in [0, 0.1) is 0 Å². The molecule has 0 aromatic heterocycles. The Morgan fingerprint density at radius 3 is 2.33 bits per heavy atom. The Morgan fingerprint density at radius 2 is 1.62 bits per heavy atom. The van der Waals surface area contributed by atoms with Crippen LogP contribution in [0.15, 0.2) is 61.2 Å². The second kappa shape index (κ2) is 10.4. The summed E-state index contributed by atoms with van der Waals surface area (Å²) >= 11 is 0. The zero-order valence-electron chi connectivity index (χ0n) is 13.9. The van der Waals surface area contributed by atoms with Gasteiger partial charge < -0.3 is 9.47 Å². The summed E-state index contributed by atoms with van der Waals surface area (Å²) in [7, 11) is 0. The van der Waals surface area contributed by atoms with E-state index < -0.39 is 0 Å². The zero-order chi connectivity index (χ0) is 17.0. The van der Waals surface area contributed by atoms with Gasteiger partial charge in [0.1, 0.15) is 0 Å². The standard InChI is InChI=1S/C21H24O3/c1-2-18-10-12-20(13-11-18)17-23-14-6-7-15-24-21(22)16-19-8-4-3-5-9-19/h2-5,8-13H,1,6-7,14-17H2. The van der Waals surface area contributed by atoms with E-state index in [0.29, 0.717) is 26.2 Å². The van der Waals surface area contributed by atoms with Gasteiger partial charge in [-0.15, -0.1) is 0 Å². The molecule has 0 saturated heterocycles. The van der Waals surface area contributed by atoms with Crippen LogP contribution in [-0.4, -0.2) is 19.2 Å². The van der Waals surface area contributed by atoms with Crippen molar-refractivity contribution in [1.82, 2.24) is 0 Å². The molecule has 126 valence electrons. The first-order valence-electron chi connectivity index (χ1n) is 8.26. The number of benzene rings is 2. The van der Waals surface area contributed by atoms with Crippen LogP contribution in [0.2, 0.25) is 0 Å².